The Morgan fingerprint density at radius 2 is 1.84 bits per heavy atom. The third-order valence-corrected chi connectivity index (χ3v) is 3.37. The van der Waals surface area contributed by atoms with E-state index < -0.39 is 0 Å². The maximum Gasteiger partial charge on any atom is 0.142 e. The van der Waals surface area contributed by atoms with Crippen LogP contribution in [-0.4, -0.2) is 25.1 Å². The molecule has 0 aliphatic carbocycles. The van der Waals surface area contributed by atoms with Gasteiger partial charge in [-0.15, -0.1) is 0 Å². The van der Waals surface area contributed by atoms with E-state index in [1.54, 1.807) is 6.07 Å². The number of anilines is 3. The molecule has 0 unspecified atom stereocenters. The molecule has 0 saturated heterocycles. The molecule has 4 nitrogen and oxygen atoms in total. The van der Waals surface area contributed by atoms with Crippen molar-refractivity contribution >= 4 is 17.2 Å². The number of rotatable bonds is 1. The van der Waals surface area contributed by atoms with Crippen LogP contribution in [0.5, 0.6) is 0 Å². The number of hydrogen-bond acceptors (Lipinski definition) is 4. The summed E-state index contributed by atoms with van der Waals surface area (Å²) in [6.07, 6.45) is 0. The summed E-state index contributed by atoms with van der Waals surface area (Å²) in [4.78, 5) is 8.78. The third kappa shape index (κ3) is 2.00. The summed E-state index contributed by atoms with van der Waals surface area (Å²) in [6.45, 7) is 1.81. The Kier molecular flexibility index (Phi) is 2.81. The molecule has 2 heterocycles. The lowest BCUT2D eigenvalue weighted by atomic mass is 10.1. The fourth-order valence-electron chi connectivity index (χ4n) is 2.38. The monoisotopic (exact) mass is 250 g/mol. The Balaban J connectivity index is 2.07. The maximum atomic E-state index is 8.96. The lowest BCUT2D eigenvalue weighted by Crippen LogP contribution is -2.36. The normalized spacial score (nSPS) is 13.9. The van der Waals surface area contributed by atoms with Crippen LogP contribution in [0, 0.1) is 11.3 Å². The molecule has 1 aliphatic rings. The second-order valence-corrected chi connectivity index (χ2v) is 4.55. The van der Waals surface area contributed by atoms with E-state index >= 15 is 0 Å². The topological polar surface area (TPSA) is 43.2 Å². The predicted octanol–water partition coefficient (Wildman–Crippen LogP) is 2.54. The van der Waals surface area contributed by atoms with Crippen LogP contribution >= 0.6 is 0 Å². The lowest BCUT2D eigenvalue weighted by Gasteiger charge is -2.36. The molecule has 1 aromatic heterocycles. The molecule has 94 valence electrons. The molecule has 3 rings (SSSR count). The van der Waals surface area contributed by atoms with Crippen molar-refractivity contribution in [3.63, 3.8) is 0 Å². The molecule has 1 aliphatic heterocycles. The van der Waals surface area contributed by atoms with Gasteiger partial charge in [0.2, 0.25) is 0 Å². The summed E-state index contributed by atoms with van der Waals surface area (Å²) in [6, 6.07) is 15.9. The Hall–Kier alpha value is -2.54. The summed E-state index contributed by atoms with van der Waals surface area (Å²) in [5, 5.41) is 8.96. The van der Waals surface area contributed by atoms with Crippen molar-refractivity contribution in [3.05, 3.63) is 48.2 Å². The van der Waals surface area contributed by atoms with Crippen LogP contribution in [0.15, 0.2) is 42.5 Å². The van der Waals surface area contributed by atoms with E-state index in [1.165, 1.54) is 5.69 Å². The van der Waals surface area contributed by atoms with E-state index in [0.717, 1.165) is 24.6 Å². The summed E-state index contributed by atoms with van der Waals surface area (Å²) < 4.78 is 0. The van der Waals surface area contributed by atoms with E-state index in [9.17, 15) is 0 Å². The van der Waals surface area contributed by atoms with Crippen molar-refractivity contribution in [3.8, 4) is 6.07 Å². The number of nitrogens with zero attached hydrogens (tertiary/aromatic N) is 4. The number of likely N-dealkylation sites (N-methyl/N-ethyl adjacent to an activating group) is 1. The average molecular weight is 250 g/mol. The molecule has 0 N–H and O–H groups in total. The number of fused-ring (bicyclic) bond motifs is 1. The van der Waals surface area contributed by atoms with Gasteiger partial charge in [-0.1, -0.05) is 18.2 Å². The van der Waals surface area contributed by atoms with Crippen LogP contribution in [-0.2, 0) is 0 Å². The number of benzene rings is 1. The number of nitriles is 1. The number of aromatic nitrogens is 1. The van der Waals surface area contributed by atoms with Crippen molar-refractivity contribution in [2.24, 2.45) is 0 Å². The van der Waals surface area contributed by atoms with Gasteiger partial charge in [0.25, 0.3) is 0 Å². The van der Waals surface area contributed by atoms with Crippen LogP contribution in [0.4, 0.5) is 17.2 Å². The SMILES string of the molecule is CN1CCN(c2cccc(C#N)n2)c2ccccc21. The molecule has 0 spiro atoms. The van der Waals surface area contributed by atoms with Gasteiger partial charge in [-0.2, -0.15) is 5.26 Å². The van der Waals surface area contributed by atoms with Crippen LogP contribution in [0.1, 0.15) is 5.69 Å². The highest BCUT2D eigenvalue weighted by atomic mass is 15.3. The first kappa shape index (κ1) is 11.5. The fraction of sp³-hybridized carbons (Fsp3) is 0.200. The van der Waals surface area contributed by atoms with Crippen LogP contribution in [0.25, 0.3) is 0 Å². The zero-order chi connectivity index (χ0) is 13.2. The molecule has 0 atom stereocenters. The fourth-order valence-corrected chi connectivity index (χ4v) is 2.38. The van der Waals surface area contributed by atoms with Crippen LogP contribution < -0.4 is 9.80 Å². The lowest BCUT2D eigenvalue weighted by molar-refractivity contribution is 0.813. The molecule has 0 bridgehead atoms. The minimum absolute atomic E-state index is 0.453. The quantitative estimate of drug-likeness (QED) is 0.780. The van der Waals surface area contributed by atoms with Gasteiger partial charge in [-0.25, -0.2) is 4.98 Å². The molecular formula is C15H14N4. The average Bonchev–Trinajstić information content (AvgIpc) is 2.48. The third-order valence-electron chi connectivity index (χ3n) is 3.37. The first-order chi connectivity index (χ1) is 9.29. The first-order valence-corrected chi connectivity index (χ1v) is 6.24. The van der Waals surface area contributed by atoms with Gasteiger partial charge in [0.1, 0.15) is 17.6 Å². The van der Waals surface area contributed by atoms with E-state index in [4.69, 9.17) is 5.26 Å². The van der Waals surface area contributed by atoms with Crippen molar-refractivity contribution < 1.29 is 0 Å². The Labute approximate surface area is 112 Å². The van der Waals surface area contributed by atoms with Gasteiger partial charge in [-0.3, -0.25) is 0 Å². The standard InChI is InChI=1S/C15H14N4/c1-18-9-10-19(14-7-3-2-6-13(14)18)15-8-4-5-12(11-16)17-15/h2-8H,9-10H2,1H3. The second kappa shape index (κ2) is 4.62. The molecule has 4 heteroatoms. The molecule has 19 heavy (non-hydrogen) atoms. The van der Waals surface area contributed by atoms with Crippen molar-refractivity contribution in [1.82, 2.24) is 4.98 Å². The predicted molar refractivity (Wildman–Crippen MR) is 75.7 cm³/mol. The van der Waals surface area contributed by atoms with E-state index in [2.05, 4.69) is 40.0 Å². The highest BCUT2D eigenvalue weighted by Crippen LogP contribution is 2.35. The van der Waals surface area contributed by atoms with Crippen molar-refractivity contribution in [2.75, 3.05) is 29.9 Å². The largest absolute Gasteiger partial charge is 0.371 e. The smallest absolute Gasteiger partial charge is 0.142 e. The van der Waals surface area contributed by atoms with Gasteiger partial charge >= 0.3 is 0 Å². The summed E-state index contributed by atoms with van der Waals surface area (Å²) in [5.74, 6) is 0.833. The molecule has 0 radical (unpaired) electrons. The van der Waals surface area contributed by atoms with E-state index in [1.807, 2.05) is 24.3 Å². The molecule has 2 aromatic rings. The zero-order valence-corrected chi connectivity index (χ0v) is 10.7. The summed E-state index contributed by atoms with van der Waals surface area (Å²) >= 11 is 0. The second-order valence-electron chi connectivity index (χ2n) is 4.55. The molecule has 0 saturated carbocycles. The first-order valence-electron chi connectivity index (χ1n) is 6.24. The van der Waals surface area contributed by atoms with Crippen LogP contribution in [0.2, 0.25) is 0 Å². The summed E-state index contributed by atoms with van der Waals surface area (Å²) in [5.41, 5.74) is 2.78. The highest BCUT2D eigenvalue weighted by molar-refractivity contribution is 5.78. The van der Waals surface area contributed by atoms with Gasteiger partial charge in [0, 0.05) is 20.1 Å². The minimum atomic E-state index is 0.453. The van der Waals surface area contributed by atoms with Crippen LogP contribution in [0.3, 0.4) is 0 Å². The van der Waals surface area contributed by atoms with E-state index in [0.29, 0.717) is 5.69 Å². The van der Waals surface area contributed by atoms with Gasteiger partial charge < -0.3 is 9.80 Å². The van der Waals surface area contributed by atoms with Crippen molar-refractivity contribution in [2.45, 2.75) is 0 Å². The Morgan fingerprint density at radius 1 is 1.05 bits per heavy atom. The molecule has 0 fully saturated rings. The zero-order valence-electron chi connectivity index (χ0n) is 10.7. The molecule has 0 amide bonds. The highest BCUT2D eigenvalue weighted by Gasteiger charge is 2.21. The number of pyridine rings is 1. The Bertz CT molecular complexity index is 645. The molecular weight excluding hydrogens is 236 g/mol. The maximum absolute atomic E-state index is 8.96. The minimum Gasteiger partial charge on any atom is -0.371 e. The summed E-state index contributed by atoms with van der Waals surface area (Å²) in [7, 11) is 2.09. The number of hydrogen-bond donors (Lipinski definition) is 0. The van der Waals surface area contributed by atoms with Gasteiger partial charge in [0.15, 0.2) is 0 Å². The van der Waals surface area contributed by atoms with E-state index in [-0.39, 0.29) is 0 Å². The number of para-hydroxylation sites is 2. The Morgan fingerprint density at radius 3 is 2.63 bits per heavy atom. The van der Waals surface area contributed by atoms with Crippen molar-refractivity contribution in [1.29, 1.82) is 5.26 Å². The van der Waals surface area contributed by atoms with Gasteiger partial charge in [-0.05, 0) is 24.3 Å². The van der Waals surface area contributed by atoms with Gasteiger partial charge in [0.05, 0.1) is 11.4 Å². The molecule has 1 aromatic carbocycles.